The average Bonchev–Trinajstić information content (AvgIpc) is 1.85. The van der Waals surface area contributed by atoms with Crippen LogP contribution in [0.15, 0.2) is 0 Å². The Morgan fingerprint density at radius 1 is 1.33 bits per heavy atom. The first-order chi connectivity index (χ1) is 5.49. The molecule has 68 valence electrons. The smallest absolute Gasteiger partial charge is 0.414 e. The summed E-state index contributed by atoms with van der Waals surface area (Å²) in [5, 5.41) is 8.45. The minimum absolute atomic E-state index is 0.0709. The van der Waals surface area contributed by atoms with Gasteiger partial charge in [-0.1, -0.05) is 0 Å². The summed E-state index contributed by atoms with van der Waals surface area (Å²) in [6, 6.07) is 0. The van der Waals surface area contributed by atoms with Gasteiger partial charge in [0.05, 0.1) is 6.42 Å². The molecule has 0 radical (unpaired) electrons. The van der Waals surface area contributed by atoms with Gasteiger partial charge in [-0.3, -0.25) is 9.59 Å². The SMILES string of the molecule is CCN(C(=O)O)C(=O)CC(C)=O. The normalized spacial score (nSPS) is 9.17. The van der Waals surface area contributed by atoms with E-state index < -0.39 is 12.0 Å². The highest BCUT2D eigenvalue weighted by Crippen LogP contribution is 1.95. The highest BCUT2D eigenvalue weighted by Gasteiger charge is 2.19. The van der Waals surface area contributed by atoms with Crippen molar-refractivity contribution >= 4 is 17.8 Å². The number of rotatable bonds is 3. The van der Waals surface area contributed by atoms with Crippen molar-refractivity contribution in [3.63, 3.8) is 0 Å². The number of carbonyl (C=O) groups excluding carboxylic acids is 2. The Kier molecular flexibility index (Phi) is 3.96. The van der Waals surface area contributed by atoms with E-state index in [0.717, 1.165) is 0 Å². The Morgan fingerprint density at radius 2 is 1.83 bits per heavy atom. The molecule has 0 aliphatic rings. The van der Waals surface area contributed by atoms with Gasteiger partial charge in [-0.05, 0) is 13.8 Å². The number of hydrogen-bond acceptors (Lipinski definition) is 3. The topological polar surface area (TPSA) is 74.7 Å². The molecule has 0 saturated heterocycles. The summed E-state index contributed by atoms with van der Waals surface area (Å²) in [5.41, 5.74) is 0. The summed E-state index contributed by atoms with van der Waals surface area (Å²) in [5.74, 6) is -1.00. The van der Waals surface area contributed by atoms with Crippen LogP contribution in [0.1, 0.15) is 20.3 Å². The summed E-state index contributed by atoms with van der Waals surface area (Å²) in [4.78, 5) is 32.4. The van der Waals surface area contributed by atoms with Crippen LogP contribution in [0, 0.1) is 0 Å². The summed E-state index contributed by atoms with van der Waals surface area (Å²) in [7, 11) is 0. The molecule has 0 saturated carbocycles. The van der Waals surface area contributed by atoms with Gasteiger partial charge in [-0.15, -0.1) is 0 Å². The Hall–Kier alpha value is -1.39. The number of carbonyl (C=O) groups is 3. The van der Waals surface area contributed by atoms with E-state index in [1.165, 1.54) is 13.8 Å². The van der Waals surface area contributed by atoms with Crippen molar-refractivity contribution in [3.05, 3.63) is 0 Å². The molecule has 5 heteroatoms. The van der Waals surface area contributed by atoms with Crippen LogP contribution in [0.4, 0.5) is 4.79 Å². The zero-order chi connectivity index (χ0) is 9.72. The van der Waals surface area contributed by atoms with Gasteiger partial charge in [-0.25, -0.2) is 9.69 Å². The number of carboxylic acid groups (broad SMARTS) is 1. The van der Waals surface area contributed by atoms with Crippen molar-refractivity contribution < 1.29 is 19.5 Å². The molecule has 0 aromatic rings. The van der Waals surface area contributed by atoms with E-state index in [2.05, 4.69) is 0 Å². The molecular formula is C7H11NO4. The van der Waals surface area contributed by atoms with Gasteiger partial charge in [0.25, 0.3) is 0 Å². The number of nitrogens with zero attached hydrogens (tertiary/aromatic N) is 1. The van der Waals surface area contributed by atoms with Crippen LogP contribution in [-0.4, -0.2) is 34.3 Å². The molecule has 0 spiro atoms. The van der Waals surface area contributed by atoms with Crippen LogP contribution >= 0.6 is 0 Å². The molecule has 0 fully saturated rings. The predicted molar refractivity (Wildman–Crippen MR) is 40.7 cm³/mol. The fourth-order valence-electron chi connectivity index (χ4n) is 0.727. The maximum Gasteiger partial charge on any atom is 0.414 e. The van der Waals surface area contributed by atoms with Crippen LogP contribution in [0.25, 0.3) is 0 Å². The third kappa shape index (κ3) is 3.14. The third-order valence-electron chi connectivity index (χ3n) is 1.25. The number of Topliss-reactive ketones (excluding diaryl/α,β-unsaturated/α-hetero) is 1. The molecule has 2 amide bonds. The summed E-state index contributed by atoms with van der Waals surface area (Å²) >= 11 is 0. The molecular weight excluding hydrogens is 162 g/mol. The second kappa shape index (κ2) is 4.48. The number of amides is 2. The van der Waals surface area contributed by atoms with Gasteiger partial charge in [0.15, 0.2) is 0 Å². The number of imide groups is 1. The van der Waals surface area contributed by atoms with E-state index in [1.54, 1.807) is 0 Å². The van der Waals surface area contributed by atoms with Crippen molar-refractivity contribution in [1.29, 1.82) is 0 Å². The zero-order valence-corrected chi connectivity index (χ0v) is 7.03. The predicted octanol–water partition coefficient (Wildman–Crippen LogP) is 0.492. The van der Waals surface area contributed by atoms with Crippen molar-refractivity contribution in [2.75, 3.05) is 6.54 Å². The fraction of sp³-hybridized carbons (Fsp3) is 0.571. The number of ketones is 1. The second-order valence-corrected chi connectivity index (χ2v) is 2.30. The van der Waals surface area contributed by atoms with Crippen molar-refractivity contribution in [2.24, 2.45) is 0 Å². The van der Waals surface area contributed by atoms with E-state index >= 15 is 0 Å². The maximum atomic E-state index is 11.0. The molecule has 0 aromatic carbocycles. The lowest BCUT2D eigenvalue weighted by molar-refractivity contribution is -0.132. The van der Waals surface area contributed by atoms with Gasteiger partial charge in [0, 0.05) is 6.54 Å². The molecule has 0 rings (SSSR count). The van der Waals surface area contributed by atoms with E-state index in [4.69, 9.17) is 5.11 Å². The highest BCUT2D eigenvalue weighted by molar-refractivity contribution is 6.02. The monoisotopic (exact) mass is 173 g/mol. The first-order valence-electron chi connectivity index (χ1n) is 3.51. The largest absolute Gasteiger partial charge is 0.465 e. The van der Waals surface area contributed by atoms with Crippen LogP contribution in [0.5, 0.6) is 0 Å². The molecule has 0 bridgehead atoms. The molecule has 0 aromatic heterocycles. The molecule has 0 heterocycles. The van der Waals surface area contributed by atoms with Crippen LogP contribution in [0.2, 0.25) is 0 Å². The summed E-state index contributed by atoms with van der Waals surface area (Å²) in [6.07, 6.45) is -1.66. The lowest BCUT2D eigenvalue weighted by Gasteiger charge is -2.13. The third-order valence-corrected chi connectivity index (χ3v) is 1.25. The maximum absolute atomic E-state index is 11.0. The lowest BCUT2D eigenvalue weighted by atomic mass is 10.3. The van der Waals surface area contributed by atoms with E-state index in [-0.39, 0.29) is 18.7 Å². The lowest BCUT2D eigenvalue weighted by Crippen LogP contribution is -2.36. The second-order valence-electron chi connectivity index (χ2n) is 2.30. The molecule has 0 unspecified atom stereocenters. The quantitative estimate of drug-likeness (QED) is 0.630. The van der Waals surface area contributed by atoms with Crippen molar-refractivity contribution in [3.8, 4) is 0 Å². The molecule has 1 N–H and O–H groups in total. The van der Waals surface area contributed by atoms with Gasteiger partial charge >= 0.3 is 6.09 Å². The Bertz CT molecular complexity index is 211. The first-order valence-corrected chi connectivity index (χ1v) is 3.51. The van der Waals surface area contributed by atoms with Crippen molar-refractivity contribution in [1.82, 2.24) is 4.90 Å². The summed E-state index contributed by atoms with van der Waals surface area (Å²) in [6.45, 7) is 2.85. The fourth-order valence-corrected chi connectivity index (χ4v) is 0.727. The number of hydrogen-bond donors (Lipinski definition) is 1. The van der Waals surface area contributed by atoms with E-state index in [1.807, 2.05) is 0 Å². The van der Waals surface area contributed by atoms with Gasteiger partial charge in [0.1, 0.15) is 5.78 Å². The van der Waals surface area contributed by atoms with E-state index in [0.29, 0.717) is 4.90 Å². The van der Waals surface area contributed by atoms with Gasteiger partial charge in [-0.2, -0.15) is 0 Å². The molecule has 0 aliphatic heterocycles. The van der Waals surface area contributed by atoms with Gasteiger partial charge < -0.3 is 5.11 Å². The van der Waals surface area contributed by atoms with E-state index in [9.17, 15) is 14.4 Å². The molecule has 12 heavy (non-hydrogen) atoms. The summed E-state index contributed by atoms with van der Waals surface area (Å²) < 4.78 is 0. The van der Waals surface area contributed by atoms with Crippen LogP contribution in [0.3, 0.4) is 0 Å². The van der Waals surface area contributed by atoms with Gasteiger partial charge in [0.2, 0.25) is 5.91 Å². The first kappa shape index (κ1) is 10.6. The molecule has 0 atom stereocenters. The minimum atomic E-state index is -1.32. The average molecular weight is 173 g/mol. The Morgan fingerprint density at radius 3 is 2.08 bits per heavy atom. The standard InChI is InChI=1S/C7H11NO4/c1-3-8(7(11)12)6(10)4-5(2)9/h3-4H2,1-2H3,(H,11,12). The zero-order valence-electron chi connectivity index (χ0n) is 7.03. The highest BCUT2D eigenvalue weighted by atomic mass is 16.4. The van der Waals surface area contributed by atoms with Crippen LogP contribution < -0.4 is 0 Å². The minimum Gasteiger partial charge on any atom is -0.465 e. The van der Waals surface area contributed by atoms with Crippen LogP contribution in [-0.2, 0) is 9.59 Å². The Balaban J connectivity index is 4.22. The van der Waals surface area contributed by atoms with Crippen molar-refractivity contribution in [2.45, 2.75) is 20.3 Å². The molecule has 5 nitrogen and oxygen atoms in total. The molecule has 0 aliphatic carbocycles. The Labute approximate surface area is 70.0 Å².